The molecule has 0 radical (unpaired) electrons. The number of hydrogen-bond donors (Lipinski definition) is 4. The van der Waals surface area contributed by atoms with Gasteiger partial charge in [0.05, 0.1) is 39.0 Å². The number of Topliss-reactive ketones (excluding diaryl/α,β-unsaturated/α-hetero) is 1. The maximum absolute atomic E-state index is 14.7. The number of piperazine rings is 1. The molecule has 10 rings (SSSR count). The number of ketones is 1. The number of aromatic hydroxyl groups is 3. The zero-order valence-corrected chi connectivity index (χ0v) is 31.5. The number of nitrogens with one attached hydrogen (secondary N) is 1. The molecule has 0 aliphatic carbocycles. The summed E-state index contributed by atoms with van der Waals surface area (Å²) >= 11 is 1.50. The summed E-state index contributed by atoms with van der Waals surface area (Å²) in [6, 6.07) is 4.77. The summed E-state index contributed by atoms with van der Waals surface area (Å²) in [4.78, 5) is 33.0. The molecule has 3 aromatic carbocycles. The van der Waals surface area contributed by atoms with Gasteiger partial charge in [-0.3, -0.25) is 19.9 Å². The van der Waals surface area contributed by atoms with Crippen LogP contribution in [0.5, 0.6) is 34.5 Å². The summed E-state index contributed by atoms with van der Waals surface area (Å²) in [5.74, 6) is 0.0770. The van der Waals surface area contributed by atoms with E-state index in [2.05, 4.69) is 21.2 Å². The molecule has 0 aromatic heterocycles. The zero-order chi connectivity index (χ0) is 38.0. The average molecular weight is 755 g/mol. The molecule has 4 N–H and O–H groups in total. The predicted molar refractivity (Wildman–Crippen MR) is 197 cm³/mol. The monoisotopic (exact) mass is 754 g/mol. The maximum atomic E-state index is 14.7. The lowest BCUT2D eigenvalue weighted by Crippen LogP contribution is -2.69. The number of benzene rings is 3. The van der Waals surface area contributed by atoms with Gasteiger partial charge in [-0.25, -0.2) is 4.79 Å². The van der Waals surface area contributed by atoms with E-state index in [1.54, 1.807) is 25.1 Å². The third-order valence-corrected chi connectivity index (χ3v) is 14.2. The summed E-state index contributed by atoms with van der Waals surface area (Å²) in [6.45, 7) is 4.30. The lowest BCUT2D eigenvalue weighted by molar-refractivity contribution is -0.157. The van der Waals surface area contributed by atoms with Crippen LogP contribution in [-0.2, 0) is 34.3 Å². The molecule has 7 atom stereocenters. The lowest BCUT2D eigenvalue weighted by Gasteiger charge is -2.62. The SMILES string of the molecule is COc1cc2c(cc1O)CCNC21CSC2c3c(C(C)=O)c(C)c4c(c3C(COC1=O)N1C(C#N)C3Cc5cc(O)c(OC)c(O)c5C(C21)N3C)OCC4. The number of carbonyl (C=O) groups excluding carboxylic acids is 2. The third-order valence-electron chi connectivity index (χ3n) is 12.8. The van der Waals surface area contributed by atoms with Gasteiger partial charge in [0, 0.05) is 58.3 Å². The molecule has 3 aromatic rings. The number of hydrogen-bond acceptors (Lipinski definition) is 14. The molecule has 7 heterocycles. The van der Waals surface area contributed by atoms with E-state index in [9.17, 15) is 30.2 Å². The molecule has 282 valence electrons. The lowest BCUT2D eigenvalue weighted by atomic mass is 9.70. The van der Waals surface area contributed by atoms with Crippen LogP contribution in [0.15, 0.2) is 18.2 Å². The van der Waals surface area contributed by atoms with Crippen molar-refractivity contribution in [2.45, 2.75) is 74.1 Å². The van der Waals surface area contributed by atoms with Crippen molar-refractivity contribution in [3.05, 3.63) is 68.3 Å². The summed E-state index contributed by atoms with van der Waals surface area (Å²) in [7, 11) is 4.82. The van der Waals surface area contributed by atoms with Gasteiger partial charge in [-0.05, 0) is 79.8 Å². The number of nitriles is 1. The average Bonchev–Trinajstić information content (AvgIpc) is 3.64. The number of thioether (sulfide) groups is 1. The van der Waals surface area contributed by atoms with E-state index in [-0.39, 0.29) is 52.9 Å². The zero-order valence-electron chi connectivity index (χ0n) is 30.7. The van der Waals surface area contributed by atoms with Crippen molar-refractivity contribution in [3.8, 4) is 40.6 Å². The number of nitrogens with zero attached hydrogens (tertiary/aromatic N) is 3. The molecule has 2 saturated heterocycles. The number of methoxy groups -OCH3 is 2. The molecule has 14 heteroatoms. The van der Waals surface area contributed by atoms with Gasteiger partial charge in [0.15, 0.2) is 34.3 Å². The Bertz CT molecular complexity index is 2200. The fourth-order valence-electron chi connectivity index (χ4n) is 10.5. The first-order valence-corrected chi connectivity index (χ1v) is 19.3. The number of ether oxygens (including phenoxy) is 4. The highest BCUT2D eigenvalue weighted by molar-refractivity contribution is 7.99. The van der Waals surface area contributed by atoms with E-state index in [0.717, 1.165) is 33.4 Å². The van der Waals surface area contributed by atoms with Gasteiger partial charge in [-0.1, -0.05) is 0 Å². The van der Waals surface area contributed by atoms with Crippen molar-refractivity contribution < 1.29 is 43.9 Å². The van der Waals surface area contributed by atoms with Crippen molar-refractivity contribution in [2.24, 2.45) is 0 Å². The Kier molecular flexibility index (Phi) is 8.06. The number of esters is 1. The second-order valence-corrected chi connectivity index (χ2v) is 16.3. The van der Waals surface area contributed by atoms with Crippen molar-refractivity contribution in [1.29, 1.82) is 5.26 Å². The Balaban J connectivity index is 1.34. The van der Waals surface area contributed by atoms with E-state index in [0.29, 0.717) is 54.9 Å². The number of rotatable bonds is 3. The van der Waals surface area contributed by atoms with Gasteiger partial charge in [-0.2, -0.15) is 5.26 Å². The molecule has 4 bridgehead atoms. The van der Waals surface area contributed by atoms with Crippen LogP contribution in [0.1, 0.15) is 79.1 Å². The first kappa shape index (κ1) is 35.0. The molecular formula is C40H42N4O9S. The predicted octanol–water partition coefficient (Wildman–Crippen LogP) is 3.87. The smallest absolute Gasteiger partial charge is 0.331 e. The van der Waals surface area contributed by atoms with Crippen molar-refractivity contribution in [3.63, 3.8) is 0 Å². The topological polar surface area (TPSA) is 174 Å². The number of likely N-dealkylation sites (N-methyl/N-ethyl adjacent to an activating group) is 1. The second kappa shape index (κ2) is 12.4. The van der Waals surface area contributed by atoms with Crippen LogP contribution >= 0.6 is 11.8 Å². The summed E-state index contributed by atoms with van der Waals surface area (Å²) < 4.78 is 23.9. The van der Waals surface area contributed by atoms with E-state index in [1.807, 2.05) is 14.0 Å². The van der Waals surface area contributed by atoms with E-state index in [1.165, 1.54) is 26.0 Å². The summed E-state index contributed by atoms with van der Waals surface area (Å²) in [6.07, 6.45) is 1.56. The first-order valence-electron chi connectivity index (χ1n) is 18.2. The highest BCUT2D eigenvalue weighted by Crippen LogP contribution is 2.63. The Hall–Kier alpha value is -4.68. The fraction of sp³-hybridized carbons (Fsp3) is 0.475. The Morgan fingerprint density at radius 2 is 1.85 bits per heavy atom. The van der Waals surface area contributed by atoms with Gasteiger partial charge in [0.25, 0.3) is 0 Å². The standard InChI is InChI=1S/C40H42N4O9S/c1-17-21-7-9-52-36(21)31-25-15-53-39(49)40(22-13-28(50-4)26(46)11-19(22)6-8-42-40)16-54-38(32(31)29(17)18(2)45)34-33-30-20(12-27(47)37(51-5)35(30)48)10-23(43(33)3)24(14-41)44(25)34/h11-13,23-25,33-34,38,42,46-48H,6-10,15-16H2,1-5H3. The van der Waals surface area contributed by atoms with Crippen molar-refractivity contribution in [1.82, 2.24) is 15.1 Å². The Labute approximate surface area is 316 Å². The number of carbonyl (C=O) groups is 2. The van der Waals surface area contributed by atoms with Gasteiger partial charge in [0.1, 0.15) is 18.4 Å². The second-order valence-electron chi connectivity index (χ2n) is 15.1. The highest BCUT2D eigenvalue weighted by atomic mass is 32.2. The molecule has 2 fully saturated rings. The van der Waals surface area contributed by atoms with Gasteiger partial charge in [-0.15, -0.1) is 11.8 Å². The fourth-order valence-corrected chi connectivity index (χ4v) is 12.2. The molecule has 1 spiro atoms. The molecule has 7 unspecified atom stereocenters. The van der Waals surface area contributed by atoms with Crippen LogP contribution in [0.2, 0.25) is 0 Å². The number of phenolic OH excluding ortho intramolecular Hbond substituents is 3. The Morgan fingerprint density at radius 1 is 1.07 bits per heavy atom. The van der Waals surface area contributed by atoms with Crippen LogP contribution < -0.4 is 19.5 Å². The van der Waals surface area contributed by atoms with Gasteiger partial charge >= 0.3 is 5.97 Å². The van der Waals surface area contributed by atoms with Crippen LogP contribution in [0.4, 0.5) is 0 Å². The molecule has 54 heavy (non-hydrogen) atoms. The van der Waals surface area contributed by atoms with Gasteiger partial charge < -0.3 is 34.3 Å². The minimum Gasteiger partial charge on any atom is -0.504 e. The van der Waals surface area contributed by atoms with Crippen LogP contribution in [0.25, 0.3) is 0 Å². The maximum Gasteiger partial charge on any atom is 0.331 e. The highest BCUT2D eigenvalue weighted by Gasteiger charge is 2.61. The van der Waals surface area contributed by atoms with Crippen LogP contribution in [-0.4, -0.2) is 102 Å². The Morgan fingerprint density at radius 3 is 2.57 bits per heavy atom. The summed E-state index contributed by atoms with van der Waals surface area (Å²) in [5, 5.41) is 47.6. The summed E-state index contributed by atoms with van der Waals surface area (Å²) in [5.41, 5.74) is 5.37. The molecule has 0 saturated carbocycles. The van der Waals surface area contributed by atoms with Crippen LogP contribution in [0.3, 0.4) is 0 Å². The first-order chi connectivity index (χ1) is 26.0. The number of phenols is 3. The quantitative estimate of drug-likeness (QED) is 0.224. The third kappa shape index (κ3) is 4.55. The van der Waals surface area contributed by atoms with E-state index < -0.39 is 40.9 Å². The van der Waals surface area contributed by atoms with Crippen molar-refractivity contribution in [2.75, 3.05) is 46.8 Å². The molecule has 13 nitrogen and oxygen atoms in total. The van der Waals surface area contributed by atoms with Crippen molar-refractivity contribution >= 4 is 23.5 Å². The molecule has 7 aliphatic rings. The number of fused-ring (bicyclic) bond motifs is 9. The van der Waals surface area contributed by atoms with Gasteiger partial charge in [0.2, 0.25) is 5.75 Å². The van der Waals surface area contributed by atoms with Crippen LogP contribution in [0, 0.1) is 18.3 Å². The normalized spacial score (nSPS) is 29.4. The molecule has 7 aliphatic heterocycles. The molecule has 0 amide bonds. The molecular weight excluding hydrogens is 713 g/mol. The minimum absolute atomic E-state index is 0.0205. The van der Waals surface area contributed by atoms with E-state index >= 15 is 0 Å². The minimum atomic E-state index is -1.35. The van der Waals surface area contributed by atoms with E-state index in [4.69, 9.17) is 18.9 Å². The largest absolute Gasteiger partial charge is 0.504 e.